The van der Waals surface area contributed by atoms with E-state index in [1.807, 2.05) is 0 Å². The van der Waals surface area contributed by atoms with Crippen molar-refractivity contribution in [3.8, 4) is 0 Å². The van der Waals surface area contributed by atoms with E-state index in [0.29, 0.717) is 13.0 Å². The molecule has 0 aliphatic rings. The van der Waals surface area contributed by atoms with Gasteiger partial charge in [0.05, 0.1) is 6.61 Å². The third kappa shape index (κ3) is 41.2. The van der Waals surface area contributed by atoms with Gasteiger partial charge in [0.1, 0.15) is 0 Å². The number of hydrogen-bond acceptors (Lipinski definition) is 2. The lowest BCUT2D eigenvalue weighted by Crippen LogP contribution is -2.05. The second-order valence-corrected chi connectivity index (χ2v) is 15.2. The average Bonchev–Trinajstić information content (AvgIpc) is 3.04. The SMILES string of the molecule is CCCCCCCC/C=C/CCCCCCCCCCCCCC(=O)OCCCCCCCCCCCCCCCCCC(C)C. The zero-order valence-corrected chi connectivity index (χ0v) is 32.2. The van der Waals surface area contributed by atoms with E-state index in [-0.39, 0.29) is 5.97 Å². The van der Waals surface area contributed by atoms with Crippen molar-refractivity contribution in [2.45, 2.75) is 252 Å². The first-order valence-electron chi connectivity index (χ1n) is 21.5. The molecule has 0 spiro atoms. The molecule has 0 bridgehead atoms. The lowest BCUT2D eigenvalue weighted by molar-refractivity contribution is -0.143. The predicted octanol–water partition coefficient (Wildman–Crippen LogP) is 15.8. The Hall–Kier alpha value is -0.790. The van der Waals surface area contributed by atoms with Crippen molar-refractivity contribution in [1.29, 1.82) is 0 Å². The van der Waals surface area contributed by atoms with Crippen LogP contribution < -0.4 is 0 Å². The van der Waals surface area contributed by atoms with Crippen molar-refractivity contribution in [2.24, 2.45) is 5.92 Å². The summed E-state index contributed by atoms with van der Waals surface area (Å²) in [6.45, 7) is 7.59. The predicted molar refractivity (Wildman–Crippen MR) is 207 cm³/mol. The number of rotatable bonds is 39. The van der Waals surface area contributed by atoms with E-state index in [2.05, 4.69) is 32.9 Å². The van der Waals surface area contributed by atoms with Gasteiger partial charge in [0, 0.05) is 6.42 Å². The standard InChI is InChI=1S/C44H86O2/c1-4-5-6-7-8-9-10-11-12-13-14-15-16-17-20-23-26-29-32-35-38-41-44(45)46-42-39-36-33-30-27-24-21-18-19-22-25-28-31-34-37-40-43(2)3/h11-12,43H,4-10,13-42H2,1-3H3/b12-11+. The van der Waals surface area contributed by atoms with E-state index in [9.17, 15) is 4.79 Å². The Balaban J connectivity index is 3.18. The Morgan fingerprint density at radius 3 is 1.15 bits per heavy atom. The van der Waals surface area contributed by atoms with Crippen molar-refractivity contribution < 1.29 is 9.53 Å². The molecule has 2 nitrogen and oxygen atoms in total. The molecular formula is C44H86O2. The van der Waals surface area contributed by atoms with Gasteiger partial charge in [-0.2, -0.15) is 0 Å². The molecule has 0 aromatic rings. The van der Waals surface area contributed by atoms with Crippen LogP contribution in [0.5, 0.6) is 0 Å². The molecule has 0 saturated heterocycles. The van der Waals surface area contributed by atoms with Crippen molar-refractivity contribution in [2.75, 3.05) is 6.61 Å². The lowest BCUT2D eigenvalue weighted by Gasteiger charge is -2.06. The average molecular weight is 647 g/mol. The molecule has 0 N–H and O–H groups in total. The molecule has 274 valence electrons. The summed E-state index contributed by atoms with van der Waals surface area (Å²) >= 11 is 0. The zero-order valence-electron chi connectivity index (χ0n) is 32.2. The Kier molecular flexibility index (Phi) is 39.7. The molecule has 0 unspecified atom stereocenters. The quantitative estimate of drug-likeness (QED) is 0.0377. The molecule has 0 atom stereocenters. The fourth-order valence-electron chi connectivity index (χ4n) is 6.61. The van der Waals surface area contributed by atoms with Gasteiger partial charge >= 0.3 is 5.97 Å². The molecule has 0 rings (SSSR count). The normalized spacial score (nSPS) is 11.7. The van der Waals surface area contributed by atoms with Gasteiger partial charge in [-0.1, -0.05) is 219 Å². The van der Waals surface area contributed by atoms with Crippen LogP contribution in [0, 0.1) is 5.92 Å². The Labute approximate surface area is 291 Å². The number of carbonyl (C=O) groups excluding carboxylic acids is 1. The third-order valence-corrected chi connectivity index (χ3v) is 9.83. The first-order valence-corrected chi connectivity index (χ1v) is 21.5. The van der Waals surface area contributed by atoms with Crippen LogP contribution >= 0.6 is 0 Å². The molecule has 0 aliphatic heterocycles. The van der Waals surface area contributed by atoms with Crippen LogP contribution in [0.2, 0.25) is 0 Å². The molecule has 0 aliphatic carbocycles. The van der Waals surface area contributed by atoms with Crippen LogP contribution in [0.15, 0.2) is 12.2 Å². The van der Waals surface area contributed by atoms with Gasteiger partial charge < -0.3 is 4.74 Å². The van der Waals surface area contributed by atoms with Crippen molar-refractivity contribution in [1.82, 2.24) is 0 Å². The summed E-state index contributed by atoms with van der Waals surface area (Å²) in [7, 11) is 0. The minimum atomic E-state index is 0.0272. The Bertz CT molecular complexity index is 595. The smallest absolute Gasteiger partial charge is 0.305 e. The molecule has 0 aromatic carbocycles. The molecular weight excluding hydrogens is 560 g/mol. The van der Waals surface area contributed by atoms with Crippen LogP contribution in [-0.2, 0) is 9.53 Å². The third-order valence-electron chi connectivity index (χ3n) is 9.83. The van der Waals surface area contributed by atoms with Crippen LogP contribution in [0.3, 0.4) is 0 Å². The molecule has 0 amide bonds. The van der Waals surface area contributed by atoms with Crippen molar-refractivity contribution in [3.05, 3.63) is 12.2 Å². The van der Waals surface area contributed by atoms with Crippen LogP contribution in [0.4, 0.5) is 0 Å². The summed E-state index contributed by atoms with van der Waals surface area (Å²) in [5.41, 5.74) is 0. The summed E-state index contributed by atoms with van der Waals surface area (Å²) in [4.78, 5) is 12.0. The maximum atomic E-state index is 12.0. The van der Waals surface area contributed by atoms with Crippen LogP contribution in [0.25, 0.3) is 0 Å². The fraction of sp³-hybridized carbons (Fsp3) is 0.932. The molecule has 0 saturated carbocycles. The van der Waals surface area contributed by atoms with E-state index >= 15 is 0 Å². The Morgan fingerprint density at radius 2 is 0.761 bits per heavy atom. The highest BCUT2D eigenvalue weighted by molar-refractivity contribution is 5.69. The topological polar surface area (TPSA) is 26.3 Å². The highest BCUT2D eigenvalue weighted by Gasteiger charge is 2.03. The van der Waals surface area contributed by atoms with E-state index < -0.39 is 0 Å². The minimum Gasteiger partial charge on any atom is -0.466 e. The maximum absolute atomic E-state index is 12.0. The molecule has 0 aromatic heterocycles. The Morgan fingerprint density at radius 1 is 0.435 bits per heavy atom. The largest absolute Gasteiger partial charge is 0.466 e. The van der Waals surface area contributed by atoms with Gasteiger partial charge in [0.15, 0.2) is 0 Å². The summed E-state index contributed by atoms with van der Waals surface area (Å²) < 4.78 is 5.47. The van der Waals surface area contributed by atoms with Gasteiger partial charge in [0.25, 0.3) is 0 Å². The van der Waals surface area contributed by atoms with E-state index in [0.717, 1.165) is 18.8 Å². The number of ether oxygens (including phenoxy) is 1. The van der Waals surface area contributed by atoms with Gasteiger partial charge in [-0.15, -0.1) is 0 Å². The minimum absolute atomic E-state index is 0.0272. The van der Waals surface area contributed by atoms with Gasteiger partial charge in [-0.25, -0.2) is 0 Å². The molecule has 2 heteroatoms. The first-order chi connectivity index (χ1) is 22.7. The monoisotopic (exact) mass is 647 g/mol. The van der Waals surface area contributed by atoms with Crippen LogP contribution in [0.1, 0.15) is 252 Å². The van der Waals surface area contributed by atoms with E-state index in [1.54, 1.807) is 0 Å². The molecule has 46 heavy (non-hydrogen) atoms. The number of allylic oxidation sites excluding steroid dienone is 2. The fourth-order valence-corrected chi connectivity index (χ4v) is 6.61. The zero-order chi connectivity index (χ0) is 33.4. The highest BCUT2D eigenvalue weighted by Crippen LogP contribution is 2.16. The second-order valence-electron chi connectivity index (χ2n) is 15.2. The van der Waals surface area contributed by atoms with Crippen molar-refractivity contribution >= 4 is 5.97 Å². The van der Waals surface area contributed by atoms with Gasteiger partial charge in [-0.05, 0) is 44.4 Å². The first kappa shape index (κ1) is 45.2. The summed E-state index contributed by atoms with van der Waals surface area (Å²) in [5, 5.41) is 0. The highest BCUT2D eigenvalue weighted by atomic mass is 16.5. The second kappa shape index (κ2) is 40.4. The molecule has 0 heterocycles. The number of unbranched alkanes of at least 4 members (excludes halogenated alkanes) is 31. The number of hydrogen-bond donors (Lipinski definition) is 0. The van der Waals surface area contributed by atoms with Gasteiger partial charge in [-0.3, -0.25) is 4.79 Å². The summed E-state index contributed by atoms with van der Waals surface area (Å²) in [6, 6.07) is 0. The number of esters is 1. The maximum Gasteiger partial charge on any atom is 0.305 e. The molecule has 0 fully saturated rings. The van der Waals surface area contributed by atoms with E-state index in [1.165, 1.54) is 212 Å². The van der Waals surface area contributed by atoms with Crippen LogP contribution in [-0.4, -0.2) is 12.6 Å². The summed E-state index contributed by atoms with van der Waals surface area (Å²) in [6.07, 6.45) is 53.0. The number of carbonyl (C=O) groups is 1. The lowest BCUT2D eigenvalue weighted by atomic mass is 10.0. The van der Waals surface area contributed by atoms with Crippen molar-refractivity contribution in [3.63, 3.8) is 0 Å². The summed E-state index contributed by atoms with van der Waals surface area (Å²) in [5.74, 6) is 0.904. The van der Waals surface area contributed by atoms with Gasteiger partial charge in [0.2, 0.25) is 0 Å². The van der Waals surface area contributed by atoms with E-state index in [4.69, 9.17) is 4.74 Å². The molecule has 0 radical (unpaired) electrons.